The van der Waals surface area contributed by atoms with E-state index in [2.05, 4.69) is 33.4 Å². The second-order valence-corrected chi connectivity index (χ2v) is 7.13. The highest BCUT2D eigenvalue weighted by atomic mass is 79.9. The van der Waals surface area contributed by atoms with Gasteiger partial charge in [-0.25, -0.2) is 0 Å². The monoisotopic (exact) mass is 389 g/mol. The lowest BCUT2D eigenvalue weighted by atomic mass is 9.94. The molecule has 0 atom stereocenters. The van der Waals surface area contributed by atoms with Gasteiger partial charge in [0.25, 0.3) is 5.91 Å². The number of nitrogens with zero attached hydrogens (tertiary/aromatic N) is 2. The number of rotatable bonds is 6. The van der Waals surface area contributed by atoms with Crippen LogP contribution in [0.5, 0.6) is 0 Å². The molecule has 0 unspecified atom stereocenters. The molecular formula is C19H24BrN3O. The van der Waals surface area contributed by atoms with Crippen molar-refractivity contribution in [3.63, 3.8) is 0 Å². The Morgan fingerprint density at radius 2 is 2.17 bits per heavy atom. The van der Waals surface area contributed by atoms with Gasteiger partial charge in [0.05, 0.1) is 0 Å². The zero-order valence-corrected chi connectivity index (χ0v) is 15.7. The number of carbonyl (C=O) groups excluding carboxylic acids is 1. The van der Waals surface area contributed by atoms with Gasteiger partial charge in [-0.2, -0.15) is 5.26 Å². The second kappa shape index (κ2) is 9.48. The first kappa shape index (κ1) is 18.5. The molecule has 1 fully saturated rings. The van der Waals surface area contributed by atoms with E-state index >= 15 is 0 Å². The average molecular weight is 390 g/mol. The molecule has 1 aromatic carbocycles. The Labute approximate surface area is 152 Å². The Hall–Kier alpha value is -1.80. The van der Waals surface area contributed by atoms with Crippen LogP contribution in [0.2, 0.25) is 0 Å². The number of nitriles is 1. The molecule has 1 aromatic rings. The highest BCUT2D eigenvalue weighted by molar-refractivity contribution is 9.10. The summed E-state index contributed by atoms with van der Waals surface area (Å²) >= 11 is 3.45. The molecule has 1 N–H and O–H groups in total. The number of benzene rings is 1. The zero-order valence-electron chi connectivity index (χ0n) is 14.1. The van der Waals surface area contributed by atoms with Crippen LogP contribution >= 0.6 is 15.9 Å². The molecule has 0 bridgehead atoms. The molecule has 1 saturated carbocycles. The molecule has 4 nitrogen and oxygen atoms in total. The van der Waals surface area contributed by atoms with Gasteiger partial charge in [0.2, 0.25) is 0 Å². The molecule has 1 aliphatic carbocycles. The minimum Gasteiger partial charge on any atom is -0.389 e. The van der Waals surface area contributed by atoms with E-state index in [0.717, 1.165) is 23.7 Å². The Balaban J connectivity index is 1.86. The highest BCUT2D eigenvalue weighted by Gasteiger charge is 2.24. The number of hydrogen-bond donors (Lipinski definition) is 1. The van der Waals surface area contributed by atoms with Gasteiger partial charge in [-0.05, 0) is 37.0 Å². The van der Waals surface area contributed by atoms with Crippen molar-refractivity contribution in [2.24, 2.45) is 0 Å². The topological polar surface area (TPSA) is 56.1 Å². The predicted octanol–water partition coefficient (Wildman–Crippen LogP) is 3.78. The van der Waals surface area contributed by atoms with Crippen LogP contribution in [0.15, 0.2) is 40.5 Å². The fourth-order valence-electron chi connectivity index (χ4n) is 3.05. The van der Waals surface area contributed by atoms with Gasteiger partial charge in [0, 0.05) is 30.3 Å². The average Bonchev–Trinajstić information content (AvgIpc) is 2.61. The van der Waals surface area contributed by atoms with Crippen molar-refractivity contribution in [3.05, 3.63) is 46.1 Å². The normalized spacial score (nSPS) is 15.6. The van der Waals surface area contributed by atoms with E-state index in [1.165, 1.54) is 24.8 Å². The molecule has 1 amide bonds. The van der Waals surface area contributed by atoms with Gasteiger partial charge in [-0.1, -0.05) is 47.3 Å². The summed E-state index contributed by atoms with van der Waals surface area (Å²) in [5.41, 5.74) is 1.38. The number of halogens is 1. The largest absolute Gasteiger partial charge is 0.389 e. The van der Waals surface area contributed by atoms with Crippen molar-refractivity contribution in [1.29, 1.82) is 5.26 Å². The number of nitrogens with one attached hydrogen (secondary N) is 1. The molecule has 5 heteroatoms. The Morgan fingerprint density at radius 3 is 2.83 bits per heavy atom. The number of amides is 1. The van der Waals surface area contributed by atoms with Crippen LogP contribution in [-0.2, 0) is 11.2 Å². The number of likely N-dealkylation sites (N-methyl/N-ethyl adjacent to an activating group) is 1. The lowest BCUT2D eigenvalue weighted by Crippen LogP contribution is -2.39. The summed E-state index contributed by atoms with van der Waals surface area (Å²) in [5.74, 6) is -0.181. The van der Waals surface area contributed by atoms with E-state index in [4.69, 9.17) is 0 Å². The summed E-state index contributed by atoms with van der Waals surface area (Å²) in [5, 5.41) is 12.4. The Morgan fingerprint density at radius 1 is 1.42 bits per heavy atom. The van der Waals surface area contributed by atoms with Crippen molar-refractivity contribution >= 4 is 21.8 Å². The van der Waals surface area contributed by atoms with E-state index in [1.807, 2.05) is 25.2 Å². The van der Waals surface area contributed by atoms with E-state index in [1.54, 1.807) is 11.1 Å². The maximum absolute atomic E-state index is 12.5. The van der Waals surface area contributed by atoms with Gasteiger partial charge in [0.15, 0.2) is 0 Å². The van der Waals surface area contributed by atoms with Crippen molar-refractivity contribution < 1.29 is 4.79 Å². The Bertz CT molecular complexity index is 630. The van der Waals surface area contributed by atoms with Crippen LogP contribution in [0.1, 0.15) is 37.7 Å². The van der Waals surface area contributed by atoms with E-state index in [-0.39, 0.29) is 17.5 Å². The van der Waals surface area contributed by atoms with Gasteiger partial charge in [-0.15, -0.1) is 0 Å². The van der Waals surface area contributed by atoms with Gasteiger partial charge in [-0.3, -0.25) is 4.79 Å². The van der Waals surface area contributed by atoms with Crippen LogP contribution in [0.25, 0.3) is 0 Å². The second-order valence-electron chi connectivity index (χ2n) is 6.21. The lowest BCUT2D eigenvalue weighted by molar-refractivity contribution is -0.128. The fraction of sp³-hybridized carbons (Fsp3) is 0.474. The maximum atomic E-state index is 12.5. The SMILES string of the molecule is CN(C(=O)/C(C#N)=C\NCCc1cccc(Br)c1)C1CCCCC1. The minimum atomic E-state index is -0.181. The summed E-state index contributed by atoms with van der Waals surface area (Å²) in [6.45, 7) is 0.683. The standard InChI is InChI=1S/C19H24BrN3O/c1-23(18-8-3-2-4-9-18)19(24)16(13-21)14-22-11-10-15-6-5-7-17(20)12-15/h5-7,12,14,18,22H,2-4,8-11H2,1H3/b16-14-. The molecule has 128 valence electrons. The molecule has 0 spiro atoms. The predicted molar refractivity (Wildman–Crippen MR) is 99.2 cm³/mol. The van der Waals surface area contributed by atoms with Crippen LogP contribution < -0.4 is 5.32 Å². The van der Waals surface area contributed by atoms with E-state index < -0.39 is 0 Å². The first-order valence-electron chi connectivity index (χ1n) is 8.47. The van der Waals surface area contributed by atoms with Crippen LogP contribution in [0.3, 0.4) is 0 Å². The molecule has 24 heavy (non-hydrogen) atoms. The van der Waals surface area contributed by atoms with Crippen LogP contribution in [-0.4, -0.2) is 30.4 Å². The third-order valence-corrected chi connectivity index (χ3v) is 4.98. The van der Waals surface area contributed by atoms with Crippen molar-refractivity contribution in [2.45, 2.75) is 44.6 Å². The molecule has 0 heterocycles. The number of carbonyl (C=O) groups is 1. The van der Waals surface area contributed by atoms with Gasteiger partial charge >= 0.3 is 0 Å². The van der Waals surface area contributed by atoms with Crippen LogP contribution in [0.4, 0.5) is 0 Å². The van der Waals surface area contributed by atoms with Gasteiger partial charge < -0.3 is 10.2 Å². The van der Waals surface area contributed by atoms with Gasteiger partial charge in [0.1, 0.15) is 11.6 Å². The molecule has 0 radical (unpaired) electrons. The third-order valence-electron chi connectivity index (χ3n) is 4.49. The van der Waals surface area contributed by atoms with Crippen molar-refractivity contribution in [2.75, 3.05) is 13.6 Å². The molecular weight excluding hydrogens is 366 g/mol. The first-order valence-corrected chi connectivity index (χ1v) is 9.26. The quantitative estimate of drug-likeness (QED) is 0.457. The number of hydrogen-bond acceptors (Lipinski definition) is 3. The van der Waals surface area contributed by atoms with E-state index in [9.17, 15) is 10.1 Å². The van der Waals surface area contributed by atoms with Crippen molar-refractivity contribution in [1.82, 2.24) is 10.2 Å². The summed E-state index contributed by atoms with van der Waals surface area (Å²) < 4.78 is 1.05. The van der Waals surface area contributed by atoms with Crippen LogP contribution in [0, 0.1) is 11.3 Å². The van der Waals surface area contributed by atoms with E-state index in [0.29, 0.717) is 6.54 Å². The summed E-state index contributed by atoms with van der Waals surface area (Å²) in [6.07, 6.45) is 8.05. The summed E-state index contributed by atoms with van der Waals surface area (Å²) in [4.78, 5) is 14.2. The highest BCUT2D eigenvalue weighted by Crippen LogP contribution is 2.22. The molecule has 2 rings (SSSR count). The zero-order chi connectivity index (χ0) is 17.4. The summed E-state index contributed by atoms with van der Waals surface area (Å²) in [6, 6.07) is 10.4. The molecule has 0 saturated heterocycles. The Kier molecular flexibility index (Phi) is 7.33. The fourth-order valence-corrected chi connectivity index (χ4v) is 3.50. The smallest absolute Gasteiger partial charge is 0.265 e. The lowest BCUT2D eigenvalue weighted by Gasteiger charge is -2.31. The molecule has 0 aliphatic heterocycles. The maximum Gasteiger partial charge on any atom is 0.265 e. The first-order chi connectivity index (χ1) is 11.6. The summed E-state index contributed by atoms with van der Waals surface area (Å²) in [7, 11) is 1.81. The van der Waals surface area contributed by atoms with Crippen molar-refractivity contribution in [3.8, 4) is 6.07 Å². The molecule has 1 aliphatic rings. The third kappa shape index (κ3) is 5.38. The minimum absolute atomic E-state index is 0.178. The molecule has 0 aromatic heterocycles.